The van der Waals surface area contributed by atoms with Crippen molar-refractivity contribution >= 4 is 5.82 Å². The molecule has 0 spiro atoms. The first kappa shape index (κ1) is 14.5. The number of hydrogen-bond acceptors (Lipinski definition) is 6. The Hall–Kier alpha value is -1.40. The van der Waals surface area contributed by atoms with Crippen LogP contribution in [-0.4, -0.2) is 48.3 Å². The molecule has 0 aliphatic carbocycles. The smallest absolute Gasteiger partial charge is 0.221 e. The van der Waals surface area contributed by atoms with Gasteiger partial charge >= 0.3 is 0 Å². The molecule has 3 heterocycles. The van der Waals surface area contributed by atoms with Crippen LogP contribution >= 0.6 is 0 Å². The van der Waals surface area contributed by atoms with Crippen molar-refractivity contribution in [3.8, 4) is 5.88 Å². The molecule has 0 aromatic carbocycles. The Kier molecular flexibility index (Phi) is 4.87. The Labute approximate surface area is 126 Å². The van der Waals surface area contributed by atoms with Crippen LogP contribution in [0, 0.1) is 6.92 Å². The van der Waals surface area contributed by atoms with Crippen molar-refractivity contribution in [1.29, 1.82) is 0 Å². The van der Waals surface area contributed by atoms with Gasteiger partial charge in [0.25, 0.3) is 0 Å². The summed E-state index contributed by atoms with van der Waals surface area (Å²) in [6, 6.07) is 0.492. The normalized spacial score (nSPS) is 21.2. The quantitative estimate of drug-likeness (QED) is 0.771. The van der Waals surface area contributed by atoms with Crippen molar-refractivity contribution in [2.75, 3.05) is 31.5 Å². The van der Waals surface area contributed by atoms with Crippen molar-refractivity contribution in [3.63, 3.8) is 0 Å². The Balaban J connectivity index is 1.65. The molecule has 0 bridgehead atoms. The monoisotopic (exact) mass is 291 g/mol. The molecule has 2 fully saturated rings. The summed E-state index contributed by atoms with van der Waals surface area (Å²) < 4.78 is 6.07. The molecular formula is C15H25N5O. The van der Waals surface area contributed by atoms with Crippen molar-refractivity contribution in [2.24, 2.45) is 0 Å². The molecule has 0 amide bonds. The molecule has 2 saturated heterocycles. The van der Waals surface area contributed by atoms with Gasteiger partial charge in [-0.05, 0) is 58.8 Å². The van der Waals surface area contributed by atoms with Gasteiger partial charge in [0.15, 0.2) is 0 Å². The van der Waals surface area contributed by atoms with E-state index >= 15 is 0 Å². The van der Waals surface area contributed by atoms with Gasteiger partial charge in [-0.1, -0.05) is 0 Å². The molecule has 1 aromatic heterocycles. The number of anilines is 1. The van der Waals surface area contributed by atoms with E-state index in [1.54, 1.807) is 6.33 Å². The maximum atomic E-state index is 6.07. The molecule has 3 rings (SSSR count). The second-order valence-electron chi connectivity index (χ2n) is 5.89. The zero-order valence-electron chi connectivity index (χ0n) is 12.7. The Morgan fingerprint density at radius 3 is 2.43 bits per heavy atom. The average Bonchev–Trinajstić information content (AvgIpc) is 2.53. The van der Waals surface area contributed by atoms with Gasteiger partial charge in [-0.15, -0.1) is 0 Å². The largest absolute Gasteiger partial charge is 0.474 e. The first-order valence-electron chi connectivity index (χ1n) is 7.99. The number of hydrogen-bond donors (Lipinski definition) is 3. The first-order valence-corrected chi connectivity index (χ1v) is 7.99. The Morgan fingerprint density at radius 2 is 1.71 bits per heavy atom. The molecule has 0 saturated carbocycles. The van der Waals surface area contributed by atoms with E-state index in [4.69, 9.17) is 4.74 Å². The van der Waals surface area contributed by atoms with Gasteiger partial charge in [0.05, 0.1) is 5.56 Å². The topological polar surface area (TPSA) is 71.1 Å². The second-order valence-corrected chi connectivity index (χ2v) is 5.89. The van der Waals surface area contributed by atoms with Crippen LogP contribution in [0.1, 0.15) is 31.2 Å². The van der Waals surface area contributed by atoms with Crippen LogP contribution in [-0.2, 0) is 0 Å². The zero-order valence-corrected chi connectivity index (χ0v) is 12.7. The molecule has 1 aromatic rings. The maximum absolute atomic E-state index is 6.07. The van der Waals surface area contributed by atoms with Crippen LogP contribution in [0.25, 0.3) is 0 Å². The highest BCUT2D eigenvalue weighted by Crippen LogP contribution is 2.24. The van der Waals surface area contributed by atoms with Crippen molar-refractivity contribution in [3.05, 3.63) is 11.9 Å². The second kappa shape index (κ2) is 7.04. The third-order valence-corrected chi connectivity index (χ3v) is 4.28. The van der Waals surface area contributed by atoms with E-state index in [1.165, 1.54) is 0 Å². The average molecular weight is 291 g/mol. The SMILES string of the molecule is Cc1c(NC2CCNCC2)ncnc1OC1CCNCC1. The van der Waals surface area contributed by atoms with Gasteiger partial charge in [0.1, 0.15) is 18.2 Å². The van der Waals surface area contributed by atoms with Crippen LogP contribution in [0.4, 0.5) is 5.82 Å². The van der Waals surface area contributed by atoms with Crippen molar-refractivity contribution in [2.45, 2.75) is 44.8 Å². The third kappa shape index (κ3) is 3.83. The Bertz CT molecular complexity index is 417. The zero-order chi connectivity index (χ0) is 14.5. The fourth-order valence-electron chi connectivity index (χ4n) is 2.93. The summed E-state index contributed by atoms with van der Waals surface area (Å²) >= 11 is 0. The highest BCUT2D eigenvalue weighted by Gasteiger charge is 2.19. The summed E-state index contributed by atoms with van der Waals surface area (Å²) in [4.78, 5) is 8.71. The maximum Gasteiger partial charge on any atom is 0.221 e. The summed E-state index contributed by atoms with van der Waals surface area (Å²) in [5.74, 6) is 1.65. The van der Waals surface area contributed by atoms with E-state index in [0.717, 1.165) is 69.1 Å². The molecular weight excluding hydrogens is 266 g/mol. The molecule has 6 nitrogen and oxygen atoms in total. The molecule has 0 unspecified atom stereocenters. The van der Waals surface area contributed by atoms with E-state index in [1.807, 2.05) is 6.92 Å². The van der Waals surface area contributed by atoms with E-state index in [0.29, 0.717) is 6.04 Å². The molecule has 6 heteroatoms. The number of nitrogens with one attached hydrogen (secondary N) is 3. The molecule has 0 radical (unpaired) electrons. The van der Waals surface area contributed by atoms with Gasteiger partial charge in [-0.2, -0.15) is 0 Å². The van der Waals surface area contributed by atoms with Crippen LogP contribution in [0.5, 0.6) is 5.88 Å². The number of ether oxygens (including phenoxy) is 1. The standard InChI is InChI=1S/C15H25N5O/c1-11-14(20-12-2-6-16-7-3-12)18-10-19-15(11)21-13-4-8-17-9-5-13/h10,12-13,16-17H,2-9H2,1H3,(H,18,19,20). The predicted molar refractivity (Wildman–Crippen MR) is 82.8 cm³/mol. The van der Waals surface area contributed by atoms with Crippen molar-refractivity contribution in [1.82, 2.24) is 20.6 Å². The van der Waals surface area contributed by atoms with Crippen LogP contribution in [0.15, 0.2) is 6.33 Å². The summed E-state index contributed by atoms with van der Waals surface area (Å²) in [5, 5.41) is 10.3. The summed E-state index contributed by atoms with van der Waals surface area (Å²) in [5.41, 5.74) is 1.02. The van der Waals surface area contributed by atoms with E-state index in [2.05, 4.69) is 25.9 Å². The van der Waals surface area contributed by atoms with Crippen LogP contribution in [0.3, 0.4) is 0 Å². The van der Waals surface area contributed by atoms with Gasteiger partial charge in [-0.25, -0.2) is 9.97 Å². The van der Waals surface area contributed by atoms with Gasteiger partial charge in [-0.3, -0.25) is 0 Å². The lowest BCUT2D eigenvalue weighted by Gasteiger charge is -2.26. The molecule has 2 aliphatic rings. The number of aromatic nitrogens is 2. The third-order valence-electron chi connectivity index (χ3n) is 4.28. The van der Waals surface area contributed by atoms with Crippen LogP contribution < -0.4 is 20.7 Å². The molecule has 3 N–H and O–H groups in total. The lowest BCUT2D eigenvalue weighted by atomic mass is 10.1. The summed E-state index contributed by atoms with van der Waals surface area (Å²) in [6.45, 7) is 6.23. The fraction of sp³-hybridized carbons (Fsp3) is 0.733. The van der Waals surface area contributed by atoms with Gasteiger partial charge in [0.2, 0.25) is 5.88 Å². The number of nitrogens with zero attached hydrogens (tertiary/aromatic N) is 2. The van der Waals surface area contributed by atoms with E-state index in [9.17, 15) is 0 Å². The number of piperidine rings is 2. The molecule has 116 valence electrons. The predicted octanol–water partition coefficient (Wildman–Crippen LogP) is 1.08. The molecule has 21 heavy (non-hydrogen) atoms. The van der Waals surface area contributed by atoms with E-state index in [-0.39, 0.29) is 6.10 Å². The van der Waals surface area contributed by atoms with Gasteiger partial charge in [0, 0.05) is 6.04 Å². The van der Waals surface area contributed by atoms with E-state index < -0.39 is 0 Å². The van der Waals surface area contributed by atoms with Crippen LogP contribution in [0.2, 0.25) is 0 Å². The lowest BCUT2D eigenvalue weighted by molar-refractivity contribution is 0.154. The summed E-state index contributed by atoms with van der Waals surface area (Å²) in [7, 11) is 0. The minimum atomic E-state index is 0.270. The lowest BCUT2D eigenvalue weighted by Crippen LogP contribution is -2.36. The minimum Gasteiger partial charge on any atom is -0.474 e. The highest BCUT2D eigenvalue weighted by molar-refractivity contribution is 5.48. The Morgan fingerprint density at radius 1 is 1.05 bits per heavy atom. The minimum absolute atomic E-state index is 0.270. The van der Waals surface area contributed by atoms with Gasteiger partial charge < -0.3 is 20.7 Å². The molecule has 2 aliphatic heterocycles. The highest BCUT2D eigenvalue weighted by atomic mass is 16.5. The first-order chi connectivity index (χ1) is 10.3. The number of rotatable bonds is 4. The van der Waals surface area contributed by atoms with Crippen molar-refractivity contribution < 1.29 is 4.74 Å². The molecule has 0 atom stereocenters. The fourth-order valence-corrected chi connectivity index (χ4v) is 2.93. The summed E-state index contributed by atoms with van der Waals surface area (Å²) in [6.07, 6.45) is 6.22.